The van der Waals surface area contributed by atoms with Gasteiger partial charge in [0.15, 0.2) is 0 Å². The standard InChI is InChI=1S/C30H44ClNO2/c1-18-13-27-28(32(17-18)12-11-31)20(3)30(34-27)10-8-23-24-6-5-21-14-22(33)7-9-29(21,4)26(24)15-25(23)19(2)16-30/h5,18,20,23-24,26-28H,6-17H2,1-4H3/t18-,20+,23-,24-,26-,27+,28-,29-,30-/m0/s1. The molecule has 6 aliphatic rings. The number of alkyl halides is 1. The third-order valence-electron chi connectivity index (χ3n) is 11.5. The number of piperidine rings is 1. The largest absolute Gasteiger partial charge is 0.369 e. The van der Waals surface area contributed by atoms with Crippen LogP contribution in [0.1, 0.15) is 85.5 Å². The van der Waals surface area contributed by atoms with Crippen LogP contribution in [-0.4, -0.2) is 47.4 Å². The molecule has 0 aromatic carbocycles. The Balaban J connectivity index is 1.28. The highest BCUT2D eigenvalue weighted by atomic mass is 35.5. The second-order valence-corrected chi connectivity index (χ2v) is 13.6. The van der Waals surface area contributed by atoms with Crippen molar-refractivity contribution in [1.29, 1.82) is 0 Å². The molecule has 9 atom stereocenters. The molecule has 0 N–H and O–H groups in total. The van der Waals surface area contributed by atoms with Crippen molar-refractivity contribution in [3.8, 4) is 0 Å². The molecule has 3 nitrogen and oxygen atoms in total. The molecule has 4 aliphatic carbocycles. The molecule has 2 aliphatic heterocycles. The zero-order valence-corrected chi connectivity index (χ0v) is 22.5. The molecule has 4 heteroatoms. The molecule has 34 heavy (non-hydrogen) atoms. The van der Waals surface area contributed by atoms with Gasteiger partial charge in [0.1, 0.15) is 5.78 Å². The summed E-state index contributed by atoms with van der Waals surface area (Å²) >= 11 is 6.23. The first-order chi connectivity index (χ1) is 16.3. The molecule has 0 radical (unpaired) electrons. The number of ether oxygens (including phenoxy) is 1. The second kappa shape index (κ2) is 8.45. The number of carbonyl (C=O) groups excluding carboxylic acids is 1. The van der Waals surface area contributed by atoms with Gasteiger partial charge >= 0.3 is 0 Å². The third-order valence-corrected chi connectivity index (χ3v) is 11.7. The molecule has 0 aromatic heterocycles. The minimum Gasteiger partial charge on any atom is -0.369 e. The fraction of sp³-hybridized carbons (Fsp3) is 0.833. The summed E-state index contributed by atoms with van der Waals surface area (Å²) in [6.07, 6.45) is 12.7. The maximum Gasteiger partial charge on any atom is 0.136 e. The summed E-state index contributed by atoms with van der Waals surface area (Å²) in [7, 11) is 0. The van der Waals surface area contributed by atoms with Gasteiger partial charge in [-0.05, 0) is 81.0 Å². The fourth-order valence-corrected chi connectivity index (χ4v) is 10.0. The van der Waals surface area contributed by atoms with E-state index in [-0.39, 0.29) is 11.0 Å². The average molecular weight is 486 g/mol. The highest BCUT2D eigenvalue weighted by molar-refractivity contribution is 6.18. The van der Waals surface area contributed by atoms with Crippen molar-refractivity contribution in [1.82, 2.24) is 4.90 Å². The van der Waals surface area contributed by atoms with E-state index >= 15 is 0 Å². The molecule has 0 unspecified atom stereocenters. The molecule has 0 amide bonds. The van der Waals surface area contributed by atoms with E-state index in [1.165, 1.54) is 44.2 Å². The van der Waals surface area contributed by atoms with Crippen LogP contribution >= 0.6 is 11.6 Å². The first-order valence-corrected chi connectivity index (χ1v) is 14.7. The van der Waals surface area contributed by atoms with Crippen LogP contribution in [0.5, 0.6) is 0 Å². The summed E-state index contributed by atoms with van der Waals surface area (Å²) < 4.78 is 7.15. The zero-order valence-electron chi connectivity index (χ0n) is 21.7. The highest BCUT2D eigenvalue weighted by Gasteiger charge is 2.59. The molecular weight excluding hydrogens is 442 g/mol. The molecule has 6 rings (SSSR count). The summed E-state index contributed by atoms with van der Waals surface area (Å²) in [5.41, 5.74) is 5.13. The van der Waals surface area contributed by atoms with E-state index in [1.807, 2.05) is 0 Å². The van der Waals surface area contributed by atoms with Gasteiger partial charge in [-0.3, -0.25) is 9.69 Å². The molecule has 2 saturated heterocycles. The van der Waals surface area contributed by atoms with Crippen LogP contribution in [0, 0.1) is 35.0 Å². The highest BCUT2D eigenvalue weighted by Crippen LogP contribution is 2.63. The number of hydrogen-bond donors (Lipinski definition) is 0. The van der Waals surface area contributed by atoms with Crippen molar-refractivity contribution in [3.63, 3.8) is 0 Å². The van der Waals surface area contributed by atoms with Crippen LogP contribution in [0.3, 0.4) is 0 Å². The predicted molar refractivity (Wildman–Crippen MR) is 138 cm³/mol. The third kappa shape index (κ3) is 3.46. The van der Waals surface area contributed by atoms with Gasteiger partial charge in [0.2, 0.25) is 0 Å². The Morgan fingerprint density at radius 3 is 2.88 bits per heavy atom. The molecule has 2 heterocycles. The summed E-state index contributed by atoms with van der Waals surface area (Å²) in [6.45, 7) is 11.9. The normalized spacial score (nSPS) is 48.8. The zero-order chi connectivity index (χ0) is 23.8. The maximum absolute atomic E-state index is 12.2. The van der Waals surface area contributed by atoms with Gasteiger partial charge in [-0.15, -0.1) is 11.6 Å². The number of allylic oxidation sites excluding steroid dienone is 3. The minimum atomic E-state index is -0.00228. The topological polar surface area (TPSA) is 29.5 Å². The number of rotatable bonds is 2. The van der Waals surface area contributed by atoms with Crippen LogP contribution in [0.2, 0.25) is 0 Å². The lowest BCUT2D eigenvalue weighted by Gasteiger charge is -2.47. The summed E-state index contributed by atoms with van der Waals surface area (Å²) in [5, 5.41) is 0. The van der Waals surface area contributed by atoms with Gasteiger partial charge in [0, 0.05) is 43.8 Å². The number of Topliss-reactive ketones (excluding diaryl/α,β-unsaturated/α-hetero) is 1. The SMILES string of the molecule is CC1=C2C[C@H]3[C@@H](CC=C4CC(=O)CC[C@@]43C)[C@@H]2CC[C@@]2(C1)O[C@@H]1C[C@H](C)CN(CCCl)[C@H]1[C@H]2C. The number of fused-ring (bicyclic) bond motifs is 6. The van der Waals surface area contributed by atoms with Crippen molar-refractivity contribution in [2.24, 2.45) is 35.0 Å². The summed E-state index contributed by atoms with van der Waals surface area (Å²) in [6, 6.07) is 0.525. The molecule has 4 fully saturated rings. The predicted octanol–water partition coefficient (Wildman–Crippen LogP) is 6.55. The second-order valence-electron chi connectivity index (χ2n) is 13.2. The lowest BCUT2D eigenvalue weighted by Crippen LogP contribution is -2.52. The van der Waals surface area contributed by atoms with Gasteiger partial charge in [0.25, 0.3) is 0 Å². The Bertz CT molecular complexity index is 925. The monoisotopic (exact) mass is 485 g/mol. The number of nitrogens with zero attached hydrogens (tertiary/aromatic N) is 1. The molecule has 0 bridgehead atoms. The lowest BCUT2D eigenvalue weighted by atomic mass is 9.57. The van der Waals surface area contributed by atoms with Gasteiger partial charge in [0.05, 0.1) is 11.7 Å². The minimum absolute atomic E-state index is 0.00228. The van der Waals surface area contributed by atoms with E-state index in [9.17, 15) is 4.79 Å². The van der Waals surface area contributed by atoms with Crippen molar-refractivity contribution in [3.05, 3.63) is 22.8 Å². The lowest BCUT2D eigenvalue weighted by molar-refractivity contribution is -0.121. The first kappa shape index (κ1) is 23.7. The Kier molecular flexibility index (Phi) is 5.90. The van der Waals surface area contributed by atoms with Crippen molar-refractivity contribution in [2.75, 3.05) is 19.0 Å². The van der Waals surface area contributed by atoms with Crippen LogP contribution in [-0.2, 0) is 9.53 Å². The number of hydrogen-bond acceptors (Lipinski definition) is 3. The molecule has 2 saturated carbocycles. The number of ketones is 1. The molecular formula is C30H44ClNO2. The van der Waals surface area contributed by atoms with E-state index in [2.05, 4.69) is 38.7 Å². The van der Waals surface area contributed by atoms with E-state index in [0.29, 0.717) is 41.6 Å². The van der Waals surface area contributed by atoms with Crippen LogP contribution < -0.4 is 0 Å². The average Bonchev–Trinajstić information content (AvgIpc) is 3.25. The first-order valence-electron chi connectivity index (χ1n) is 14.1. The van der Waals surface area contributed by atoms with Gasteiger partial charge in [-0.1, -0.05) is 43.6 Å². The molecule has 188 valence electrons. The van der Waals surface area contributed by atoms with Crippen LogP contribution in [0.25, 0.3) is 0 Å². The summed E-state index contributed by atoms with van der Waals surface area (Å²) in [4.78, 5) is 14.9. The smallest absolute Gasteiger partial charge is 0.136 e. The van der Waals surface area contributed by atoms with Gasteiger partial charge in [-0.2, -0.15) is 0 Å². The molecule has 0 aromatic rings. The van der Waals surface area contributed by atoms with Gasteiger partial charge < -0.3 is 4.74 Å². The van der Waals surface area contributed by atoms with Crippen molar-refractivity contribution < 1.29 is 9.53 Å². The van der Waals surface area contributed by atoms with Crippen molar-refractivity contribution >= 4 is 17.4 Å². The van der Waals surface area contributed by atoms with Crippen molar-refractivity contribution in [2.45, 2.75) is 103 Å². The Morgan fingerprint density at radius 2 is 2.09 bits per heavy atom. The number of halogens is 1. The van der Waals surface area contributed by atoms with Crippen LogP contribution in [0.15, 0.2) is 22.8 Å². The quantitative estimate of drug-likeness (QED) is 0.328. The van der Waals surface area contributed by atoms with E-state index in [1.54, 1.807) is 11.1 Å². The maximum atomic E-state index is 12.2. The molecule has 1 spiro atoms. The summed E-state index contributed by atoms with van der Waals surface area (Å²) in [5.74, 6) is 4.61. The van der Waals surface area contributed by atoms with Gasteiger partial charge in [-0.25, -0.2) is 0 Å². The number of likely N-dealkylation sites (tertiary alicyclic amines) is 1. The number of carbonyl (C=O) groups is 1. The Labute approximate surface area is 211 Å². The fourth-order valence-electron chi connectivity index (χ4n) is 9.79. The van der Waals surface area contributed by atoms with E-state index in [0.717, 1.165) is 44.1 Å². The van der Waals surface area contributed by atoms with E-state index < -0.39 is 0 Å². The Hall–Kier alpha value is -0.640. The van der Waals surface area contributed by atoms with Crippen LogP contribution in [0.4, 0.5) is 0 Å². The Morgan fingerprint density at radius 1 is 1.26 bits per heavy atom. The van der Waals surface area contributed by atoms with E-state index in [4.69, 9.17) is 16.3 Å².